The van der Waals surface area contributed by atoms with Crippen LogP contribution in [-0.2, 0) is 10.0 Å². The molecular formula is C16H15N3O4S. The fraction of sp³-hybridized carbons (Fsp3) is 0.125. The quantitative estimate of drug-likeness (QED) is 0.618. The van der Waals surface area contributed by atoms with Crippen LogP contribution in [0.15, 0.2) is 63.0 Å². The van der Waals surface area contributed by atoms with Crippen LogP contribution in [0, 0.1) is 0 Å². The highest BCUT2D eigenvalue weighted by Gasteiger charge is 2.19. The van der Waals surface area contributed by atoms with Gasteiger partial charge >= 0.3 is 11.1 Å². The van der Waals surface area contributed by atoms with Gasteiger partial charge in [-0.25, -0.2) is 13.1 Å². The van der Waals surface area contributed by atoms with Crippen LogP contribution in [0.25, 0.3) is 11.0 Å². The summed E-state index contributed by atoms with van der Waals surface area (Å²) in [5, 5.41) is 0. The molecule has 7 nitrogen and oxygen atoms in total. The van der Waals surface area contributed by atoms with Crippen molar-refractivity contribution in [2.24, 2.45) is 0 Å². The topological polar surface area (TPSA) is 112 Å². The number of aromatic nitrogens is 2. The van der Waals surface area contributed by atoms with E-state index in [4.69, 9.17) is 0 Å². The third-order valence-corrected chi connectivity index (χ3v) is 5.17. The van der Waals surface area contributed by atoms with Crippen molar-refractivity contribution < 1.29 is 8.42 Å². The third kappa shape index (κ3) is 3.15. The first-order chi connectivity index (χ1) is 11.4. The zero-order valence-corrected chi connectivity index (χ0v) is 13.6. The van der Waals surface area contributed by atoms with Crippen LogP contribution in [0.1, 0.15) is 18.5 Å². The van der Waals surface area contributed by atoms with Crippen molar-refractivity contribution in [2.45, 2.75) is 17.9 Å². The molecule has 0 radical (unpaired) electrons. The smallest absolute Gasteiger partial charge is 0.314 e. The predicted octanol–water partition coefficient (Wildman–Crippen LogP) is 1.26. The molecule has 3 aromatic rings. The van der Waals surface area contributed by atoms with Gasteiger partial charge in [0.05, 0.1) is 15.9 Å². The summed E-state index contributed by atoms with van der Waals surface area (Å²) in [6.45, 7) is 1.74. The van der Waals surface area contributed by atoms with Crippen LogP contribution in [0.4, 0.5) is 0 Å². The minimum absolute atomic E-state index is 0.000445. The summed E-state index contributed by atoms with van der Waals surface area (Å²) in [6.07, 6.45) is 0. The first kappa shape index (κ1) is 16.2. The molecule has 0 bridgehead atoms. The summed E-state index contributed by atoms with van der Waals surface area (Å²) < 4.78 is 27.7. The van der Waals surface area contributed by atoms with Crippen molar-refractivity contribution in [3.63, 3.8) is 0 Å². The fourth-order valence-electron chi connectivity index (χ4n) is 2.37. The maximum absolute atomic E-state index is 12.5. The molecule has 24 heavy (non-hydrogen) atoms. The van der Waals surface area contributed by atoms with Gasteiger partial charge in [0.1, 0.15) is 0 Å². The molecule has 1 aromatic heterocycles. The summed E-state index contributed by atoms with van der Waals surface area (Å²) in [6, 6.07) is 12.9. The Morgan fingerprint density at radius 1 is 0.917 bits per heavy atom. The molecule has 124 valence electrons. The van der Waals surface area contributed by atoms with E-state index in [-0.39, 0.29) is 10.4 Å². The average Bonchev–Trinajstić information content (AvgIpc) is 2.56. The van der Waals surface area contributed by atoms with E-state index < -0.39 is 27.2 Å². The lowest BCUT2D eigenvalue weighted by Crippen LogP contribution is -2.29. The molecule has 0 saturated heterocycles. The fourth-order valence-corrected chi connectivity index (χ4v) is 3.63. The highest BCUT2D eigenvalue weighted by atomic mass is 32.2. The van der Waals surface area contributed by atoms with Crippen molar-refractivity contribution in [1.82, 2.24) is 14.7 Å². The first-order valence-corrected chi connectivity index (χ1v) is 8.69. The second-order valence-corrected chi connectivity index (χ2v) is 7.08. The minimum Gasteiger partial charge on any atom is -0.316 e. The zero-order chi connectivity index (χ0) is 17.3. The standard InChI is InChI=1S/C16H15N3O4S/c1-10(11-5-3-2-4-6-11)19-24(22,23)12-7-8-13-14(9-12)18-16(21)15(20)17-13/h2-10,19H,1H3,(H,17,20)(H,18,21)/t10-/m1/s1. The average molecular weight is 345 g/mol. The molecule has 2 aromatic carbocycles. The lowest BCUT2D eigenvalue weighted by atomic mass is 10.1. The number of hydrogen-bond donors (Lipinski definition) is 3. The highest BCUT2D eigenvalue weighted by Crippen LogP contribution is 2.18. The molecule has 0 unspecified atom stereocenters. The van der Waals surface area contributed by atoms with E-state index >= 15 is 0 Å². The molecule has 3 rings (SSSR count). The molecule has 0 saturated carbocycles. The van der Waals surface area contributed by atoms with Crippen LogP contribution in [0.3, 0.4) is 0 Å². The van der Waals surface area contributed by atoms with Crippen LogP contribution >= 0.6 is 0 Å². The number of sulfonamides is 1. The zero-order valence-electron chi connectivity index (χ0n) is 12.7. The number of hydrogen-bond acceptors (Lipinski definition) is 4. The predicted molar refractivity (Wildman–Crippen MR) is 90.4 cm³/mol. The normalized spacial score (nSPS) is 13.0. The Morgan fingerprint density at radius 3 is 2.21 bits per heavy atom. The van der Waals surface area contributed by atoms with Crippen LogP contribution in [0.2, 0.25) is 0 Å². The molecule has 1 atom stereocenters. The van der Waals surface area contributed by atoms with E-state index in [0.717, 1.165) is 5.56 Å². The lowest BCUT2D eigenvalue weighted by molar-refractivity contribution is 0.567. The number of aromatic amines is 2. The molecule has 3 N–H and O–H groups in total. The SMILES string of the molecule is C[C@@H](NS(=O)(=O)c1ccc2[nH]c(=O)c(=O)[nH]c2c1)c1ccccc1. The molecular weight excluding hydrogens is 330 g/mol. The molecule has 0 aliphatic rings. The Kier molecular flexibility index (Phi) is 4.08. The number of fused-ring (bicyclic) bond motifs is 1. The van der Waals surface area contributed by atoms with Crippen LogP contribution in [-0.4, -0.2) is 18.4 Å². The van der Waals surface area contributed by atoms with Crippen molar-refractivity contribution in [2.75, 3.05) is 0 Å². The van der Waals surface area contributed by atoms with Crippen molar-refractivity contribution >= 4 is 21.1 Å². The van der Waals surface area contributed by atoms with Crippen molar-refractivity contribution in [3.05, 3.63) is 74.8 Å². The Labute approximate surface area is 137 Å². The summed E-state index contributed by atoms with van der Waals surface area (Å²) >= 11 is 0. The van der Waals surface area contributed by atoms with Gasteiger partial charge in [0.2, 0.25) is 10.0 Å². The number of benzene rings is 2. The van der Waals surface area contributed by atoms with Gasteiger partial charge in [-0.1, -0.05) is 30.3 Å². The van der Waals surface area contributed by atoms with Crippen LogP contribution in [0.5, 0.6) is 0 Å². The largest absolute Gasteiger partial charge is 0.316 e. The number of H-pyrrole nitrogens is 2. The maximum atomic E-state index is 12.5. The van der Waals surface area contributed by atoms with E-state index in [9.17, 15) is 18.0 Å². The third-order valence-electron chi connectivity index (χ3n) is 3.64. The van der Waals surface area contributed by atoms with Crippen LogP contribution < -0.4 is 15.8 Å². The second-order valence-electron chi connectivity index (χ2n) is 5.37. The van der Waals surface area contributed by atoms with E-state index in [1.165, 1.54) is 18.2 Å². The monoisotopic (exact) mass is 345 g/mol. The van der Waals surface area contributed by atoms with Gasteiger partial charge < -0.3 is 9.97 Å². The summed E-state index contributed by atoms with van der Waals surface area (Å²) in [7, 11) is -3.79. The molecule has 0 fully saturated rings. The van der Waals surface area contributed by atoms with Crippen molar-refractivity contribution in [1.29, 1.82) is 0 Å². The van der Waals surface area contributed by atoms with Gasteiger partial charge in [0, 0.05) is 6.04 Å². The molecule has 0 amide bonds. The Balaban J connectivity index is 1.97. The van der Waals surface area contributed by atoms with Crippen molar-refractivity contribution in [3.8, 4) is 0 Å². The lowest BCUT2D eigenvalue weighted by Gasteiger charge is -2.14. The van der Waals surface area contributed by atoms with Gasteiger partial charge in [-0.05, 0) is 30.7 Å². The molecule has 8 heteroatoms. The van der Waals surface area contributed by atoms with E-state index in [1.54, 1.807) is 6.92 Å². The molecule has 0 aliphatic heterocycles. The van der Waals surface area contributed by atoms with E-state index in [1.807, 2.05) is 30.3 Å². The number of rotatable bonds is 4. The van der Waals surface area contributed by atoms with Gasteiger partial charge in [0.15, 0.2) is 0 Å². The maximum Gasteiger partial charge on any atom is 0.314 e. The van der Waals surface area contributed by atoms with Gasteiger partial charge in [-0.2, -0.15) is 0 Å². The van der Waals surface area contributed by atoms with E-state index in [0.29, 0.717) is 5.52 Å². The first-order valence-electron chi connectivity index (χ1n) is 7.20. The second kappa shape index (κ2) is 6.06. The molecule has 0 spiro atoms. The Bertz CT molecular complexity index is 1100. The van der Waals surface area contributed by atoms with E-state index in [2.05, 4.69) is 14.7 Å². The molecule has 1 heterocycles. The number of nitrogens with one attached hydrogen (secondary N) is 3. The Hall–Kier alpha value is -2.71. The van der Waals surface area contributed by atoms with Gasteiger partial charge in [-0.3, -0.25) is 9.59 Å². The molecule has 0 aliphatic carbocycles. The minimum atomic E-state index is -3.79. The summed E-state index contributed by atoms with van der Waals surface area (Å²) in [5.41, 5.74) is -0.180. The summed E-state index contributed by atoms with van der Waals surface area (Å²) in [4.78, 5) is 27.4. The Morgan fingerprint density at radius 2 is 1.54 bits per heavy atom. The van der Waals surface area contributed by atoms with Gasteiger partial charge in [0.25, 0.3) is 0 Å². The highest BCUT2D eigenvalue weighted by molar-refractivity contribution is 7.89. The van der Waals surface area contributed by atoms with Gasteiger partial charge in [-0.15, -0.1) is 0 Å². The summed E-state index contributed by atoms with van der Waals surface area (Å²) in [5.74, 6) is 0.